The van der Waals surface area contributed by atoms with Gasteiger partial charge in [-0.05, 0) is 31.7 Å². The number of amides is 1. The van der Waals surface area contributed by atoms with E-state index in [1.165, 1.54) is 20.2 Å². The number of aromatic nitrogens is 2. The van der Waals surface area contributed by atoms with Crippen LogP contribution < -0.4 is 11.3 Å². The predicted octanol–water partition coefficient (Wildman–Crippen LogP) is 1.96. The number of aryl methyl sites for hydroxylation is 1. The molecular weight excluding hydrogens is 434 g/mol. The number of rotatable bonds is 5. The molecule has 1 aliphatic rings. The highest BCUT2D eigenvalue weighted by Gasteiger charge is 2.31. The van der Waals surface area contributed by atoms with Crippen LogP contribution in [-0.4, -0.2) is 52.6 Å². The third-order valence-corrected chi connectivity index (χ3v) is 5.88. The van der Waals surface area contributed by atoms with Crippen molar-refractivity contribution in [2.75, 3.05) is 14.2 Å². The molecule has 1 amide bonds. The first kappa shape index (κ1) is 25.1. The van der Waals surface area contributed by atoms with Crippen molar-refractivity contribution in [3.63, 3.8) is 0 Å². The Hall–Kier alpha value is -3.20. The summed E-state index contributed by atoms with van der Waals surface area (Å²) in [6.07, 6.45) is 2.65. The number of nitrogens with zero attached hydrogens (tertiary/aromatic N) is 3. The average Bonchev–Trinajstić information content (AvgIpc) is 2.79. The number of methoxy groups -OCH3 is 1. The molecule has 1 saturated carbocycles. The highest BCUT2D eigenvalue weighted by atomic mass is 35.5. The molecule has 3 N–H and O–H groups in total. The first-order valence-corrected chi connectivity index (χ1v) is 10.1. The highest BCUT2D eigenvalue weighted by molar-refractivity contribution is 5.96. The fraction of sp³-hybridized carbons (Fsp3) is 0.409. The zero-order valence-corrected chi connectivity index (χ0v) is 19.1. The molecule has 9 nitrogen and oxygen atoms in total. The van der Waals surface area contributed by atoms with E-state index in [1.54, 1.807) is 36.2 Å². The topological polar surface area (TPSA) is 131 Å². The van der Waals surface area contributed by atoms with Gasteiger partial charge < -0.3 is 15.4 Å². The van der Waals surface area contributed by atoms with Crippen molar-refractivity contribution in [3.05, 3.63) is 51.8 Å². The molecule has 1 heterocycles. The fourth-order valence-corrected chi connectivity index (χ4v) is 3.94. The summed E-state index contributed by atoms with van der Waals surface area (Å²) >= 11 is 0. The van der Waals surface area contributed by atoms with Crippen molar-refractivity contribution in [3.8, 4) is 11.3 Å². The average molecular weight is 462 g/mol. The minimum atomic E-state index is -0.468. The summed E-state index contributed by atoms with van der Waals surface area (Å²) in [7, 11) is 4.58. The third-order valence-electron chi connectivity index (χ3n) is 5.88. The Morgan fingerprint density at radius 3 is 2.31 bits per heavy atom. The van der Waals surface area contributed by atoms with Gasteiger partial charge in [-0.3, -0.25) is 19.8 Å². The maximum Gasteiger partial charge on any atom is 0.308 e. The molecule has 3 rings (SSSR count). The molecule has 0 radical (unpaired) electrons. The number of carbonyl (C=O) groups excluding carboxylic acids is 2. The van der Waals surface area contributed by atoms with Crippen molar-refractivity contribution in [2.24, 2.45) is 18.7 Å². The van der Waals surface area contributed by atoms with E-state index in [0.29, 0.717) is 42.5 Å². The molecule has 1 fully saturated rings. The summed E-state index contributed by atoms with van der Waals surface area (Å²) in [5, 5.41) is 11.8. The number of halogens is 1. The molecular formula is C22H28ClN5O4. The Morgan fingerprint density at radius 2 is 1.78 bits per heavy atom. The van der Waals surface area contributed by atoms with Crippen LogP contribution in [0.5, 0.6) is 0 Å². The number of nitrogens with two attached hydrogens (primary N) is 1. The second kappa shape index (κ2) is 10.4. The fourth-order valence-electron chi connectivity index (χ4n) is 3.94. The Labute approximate surface area is 192 Å². The zero-order chi connectivity index (χ0) is 22.7. The van der Waals surface area contributed by atoms with Gasteiger partial charge in [0.15, 0.2) is 0 Å². The number of carbonyl (C=O) groups is 2. The smallest absolute Gasteiger partial charge is 0.308 e. The molecule has 0 aliphatic heterocycles. The van der Waals surface area contributed by atoms with Crippen molar-refractivity contribution in [1.82, 2.24) is 14.7 Å². The summed E-state index contributed by atoms with van der Waals surface area (Å²) in [5.41, 5.74) is 6.82. The van der Waals surface area contributed by atoms with Gasteiger partial charge in [0, 0.05) is 31.3 Å². The van der Waals surface area contributed by atoms with Crippen LogP contribution in [0.2, 0.25) is 0 Å². The predicted molar refractivity (Wildman–Crippen MR) is 123 cm³/mol. The molecule has 2 aromatic rings. The first-order valence-electron chi connectivity index (χ1n) is 10.1. The quantitative estimate of drug-likeness (QED) is 0.397. The molecule has 172 valence electrons. The van der Waals surface area contributed by atoms with Crippen LogP contribution >= 0.6 is 12.4 Å². The summed E-state index contributed by atoms with van der Waals surface area (Å²) < 4.78 is 5.97. The number of ether oxygens (including phenoxy) is 1. The maximum atomic E-state index is 13.2. The zero-order valence-electron chi connectivity index (χ0n) is 18.3. The van der Waals surface area contributed by atoms with Crippen LogP contribution in [0.15, 0.2) is 35.1 Å². The Balaban J connectivity index is 0.00000363. The Morgan fingerprint density at radius 1 is 1.19 bits per heavy atom. The SMILES string of the molecule is COC(=O)[C@H]1CC[C@H](N(C)C(=O)c2cc(-c3ccc(C(=N)N)cc3)nn(C)c2=O)CC1.Cl. The minimum absolute atomic E-state index is 0. The molecule has 0 unspecified atom stereocenters. The lowest BCUT2D eigenvalue weighted by Gasteiger charge is -2.33. The summed E-state index contributed by atoms with van der Waals surface area (Å²) in [5.74, 6) is -0.760. The molecule has 1 aromatic heterocycles. The van der Waals surface area contributed by atoms with Crippen LogP contribution in [-0.2, 0) is 16.6 Å². The highest BCUT2D eigenvalue weighted by Crippen LogP contribution is 2.28. The molecule has 0 bridgehead atoms. The van der Waals surface area contributed by atoms with Gasteiger partial charge in [-0.1, -0.05) is 24.3 Å². The Kier molecular flexibility index (Phi) is 8.15. The van der Waals surface area contributed by atoms with Gasteiger partial charge >= 0.3 is 5.97 Å². The van der Waals surface area contributed by atoms with E-state index in [9.17, 15) is 14.4 Å². The summed E-state index contributed by atoms with van der Waals surface area (Å²) in [6, 6.07) is 8.33. The van der Waals surface area contributed by atoms with Gasteiger partial charge in [-0.2, -0.15) is 5.10 Å². The normalized spacial score (nSPS) is 17.7. The second-order valence-electron chi connectivity index (χ2n) is 7.81. The van der Waals surface area contributed by atoms with E-state index in [1.807, 2.05) is 0 Å². The second-order valence-corrected chi connectivity index (χ2v) is 7.81. The molecule has 0 spiro atoms. The van der Waals surface area contributed by atoms with Crippen molar-refractivity contribution in [2.45, 2.75) is 31.7 Å². The van der Waals surface area contributed by atoms with E-state index in [0.717, 1.165) is 4.68 Å². The lowest BCUT2D eigenvalue weighted by molar-refractivity contribution is -0.146. The molecule has 32 heavy (non-hydrogen) atoms. The monoisotopic (exact) mass is 461 g/mol. The maximum absolute atomic E-state index is 13.2. The number of amidine groups is 1. The third kappa shape index (κ3) is 5.16. The molecule has 0 atom stereocenters. The van der Waals surface area contributed by atoms with Crippen molar-refractivity contribution in [1.29, 1.82) is 5.41 Å². The number of nitrogen functional groups attached to an aromatic ring is 1. The summed E-state index contributed by atoms with van der Waals surface area (Å²) in [4.78, 5) is 39.1. The number of hydrogen-bond donors (Lipinski definition) is 2. The van der Waals surface area contributed by atoms with Gasteiger partial charge in [0.1, 0.15) is 11.4 Å². The lowest BCUT2D eigenvalue weighted by Crippen LogP contribution is -2.43. The van der Waals surface area contributed by atoms with E-state index in [4.69, 9.17) is 15.9 Å². The standard InChI is InChI=1S/C22H27N5O4.ClH/c1-26(16-10-8-15(9-11-16)22(30)31-3)20(28)17-12-18(25-27(2)21(17)29)13-4-6-14(7-5-13)19(23)24;/h4-7,12,15-16H,8-11H2,1-3H3,(H3,23,24);1H/t15-,16-;. The van der Waals surface area contributed by atoms with E-state index in [-0.39, 0.29) is 47.6 Å². The number of nitrogens with one attached hydrogen (secondary N) is 1. The van der Waals surface area contributed by atoms with Crippen LogP contribution in [0.3, 0.4) is 0 Å². The lowest BCUT2D eigenvalue weighted by atomic mass is 9.85. The number of hydrogen-bond acceptors (Lipinski definition) is 6. The van der Waals surface area contributed by atoms with Crippen LogP contribution in [0.4, 0.5) is 0 Å². The van der Waals surface area contributed by atoms with E-state index >= 15 is 0 Å². The van der Waals surface area contributed by atoms with Gasteiger partial charge in [0.2, 0.25) is 0 Å². The van der Waals surface area contributed by atoms with Gasteiger partial charge in [0.05, 0.1) is 18.7 Å². The van der Waals surface area contributed by atoms with E-state index in [2.05, 4.69) is 5.10 Å². The number of benzene rings is 1. The molecule has 1 aliphatic carbocycles. The van der Waals surface area contributed by atoms with Crippen LogP contribution in [0.1, 0.15) is 41.6 Å². The van der Waals surface area contributed by atoms with Crippen molar-refractivity contribution < 1.29 is 14.3 Å². The van der Waals surface area contributed by atoms with Crippen molar-refractivity contribution >= 4 is 30.1 Å². The van der Waals surface area contributed by atoms with Gasteiger partial charge in [-0.25, -0.2) is 4.68 Å². The van der Waals surface area contributed by atoms with Crippen LogP contribution in [0, 0.1) is 11.3 Å². The molecule has 1 aromatic carbocycles. The molecule has 0 saturated heterocycles. The van der Waals surface area contributed by atoms with Gasteiger partial charge in [-0.15, -0.1) is 12.4 Å². The van der Waals surface area contributed by atoms with Crippen LogP contribution in [0.25, 0.3) is 11.3 Å². The summed E-state index contributed by atoms with van der Waals surface area (Å²) in [6.45, 7) is 0. The largest absolute Gasteiger partial charge is 0.469 e. The van der Waals surface area contributed by atoms with E-state index < -0.39 is 5.56 Å². The minimum Gasteiger partial charge on any atom is -0.469 e. The van der Waals surface area contributed by atoms with Gasteiger partial charge in [0.25, 0.3) is 11.5 Å². The first-order chi connectivity index (χ1) is 14.7. The number of esters is 1. The molecule has 10 heteroatoms. The Bertz CT molecular complexity index is 1060.